The van der Waals surface area contributed by atoms with Crippen molar-refractivity contribution in [3.63, 3.8) is 0 Å². The third-order valence-electron chi connectivity index (χ3n) is 5.36. The molecule has 0 bridgehead atoms. The minimum atomic E-state index is -0.313. The van der Waals surface area contributed by atoms with Crippen molar-refractivity contribution in [1.29, 1.82) is 0 Å². The number of fused-ring (bicyclic) bond motifs is 1. The molecule has 1 fully saturated rings. The normalized spacial score (nSPS) is 22.5. The van der Waals surface area contributed by atoms with Crippen molar-refractivity contribution in [3.05, 3.63) is 78.6 Å². The molecule has 3 aliphatic rings. The van der Waals surface area contributed by atoms with Gasteiger partial charge in [0.15, 0.2) is 6.20 Å². The second kappa shape index (κ2) is 6.73. The van der Waals surface area contributed by atoms with Crippen molar-refractivity contribution in [2.75, 3.05) is 5.01 Å². The largest absolute Gasteiger partial charge is 0.457 e. The highest BCUT2D eigenvalue weighted by molar-refractivity contribution is 5.82. The number of aliphatic imine (C=N–C) groups is 2. The van der Waals surface area contributed by atoms with E-state index in [1.165, 1.54) is 18.6 Å². The highest BCUT2D eigenvalue weighted by atomic mass is 19.1. The number of hydrogen-bond donors (Lipinski definition) is 0. The van der Waals surface area contributed by atoms with E-state index < -0.39 is 0 Å². The van der Waals surface area contributed by atoms with Crippen LogP contribution in [0.3, 0.4) is 0 Å². The molecule has 2 aliphatic heterocycles. The Morgan fingerprint density at radius 2 is 1.89 bits per heavy atom. The van der Waals surface area contributed by atoms with Crippen LogP contribution in [0.1, 0.15) is 19.3 Å². The summed E-state index contributed by atoms with van der Waals surface area (Å²) in [5.74, 6) is 0.842. The van der Waals surface area contributed by atoms with Crippen LogP contribution in [-0.4, -0.2) is 23.2 Å². The number of nitrogens with zero attached hydrogens (tertiary/aromatic N) is 4. The molecule has 0 radical (unpaired) electrons. The van der Waals surface area contributed by atoms with E-state index in [2.05, 4.69) is 21.2 Å². The number of hydrogen-bond acceptors (Lipinski definition) is 4. The summed E-state index contributed by atoms with van der Waals surface area (Å²) in [7, 11) is 0. The van der Waals surface area contributed by atoms with Crippen molar-refractivity contribution >= 4 is 18.2 Å². The summed E-state index contributed by atoms with van der Waals surface area (Å²) in [5, 5.41) is 2.37. The quantitative estimate of drug-likeness (QED) is 0.678. The lowest BCUT2D eigenvalue weighted by Crippen LogP contribution is -2.61. The molecule has 5 nitrogen and oxygen atoms in total. The lowest BCUT2D eigenvalue weighted by atomic mass is 9.92. The maximum atomic E-state index is 13.4. The summed E-state index contributed by atoms with van der Waals surface area (Å²) in [6, 6.07) is 14.5. The predicted octanol–water partition coefficient (Wildman–Crippen LogP) is 5.15. The summed E-state index contributed by atoms with van der Waals surface area (Å²) < 4.78 is 19.6. The zero-order chi connectivity index (χ0) is 19.0. The van der Waals surface area contributed by atoms with Gasteiger partial charge in [0, 0.05) is 6.07 Å². The Morgan fingerprint density at radius 3 is 2.64 bits per heavy atom. The highest BCUT2D eigenvalue weighted by Crippen LogP contribution is 2.39. The molecule has 1 unspecified atom stereocenters. The van der Waals surface area contributed by atoms with Crippen LogP contribution in [0.5, 0.6) is 11.5 Å². The summed E-state index contributed by atoms with van der Waals surface area (Å²) in [6.07, 6.45) is 13.1. The Balaban J connectivity index is 1.46. The SMILES string of the molecule is Fc1cccc(Oc2ccc(N(C3CCC3)[N+]34C=CN=CC3=CN=C4)cc2)c1. The van der Waals surface area contributed by atoms with Crippen LogP contribution in [-0.2, 0) is 0 Å². The minimum absolute atomic E-state index is 0.313. The van der Waals surface area contributed by atoms with Crippen LogP contribution >= 0.6 is 0 Å². The molecule has 0 spiro atoms. The third kappa shape index (κ3) is 2.82. The number of anilines is 1. The molecule has 0 aromatic heterocycles. The van der Waals surface area contributed by atoms with Gasteiger partial charge in [-0.05, 0) is 55.7 Å². The lowest BCUT2D eigenvalue weighted by molar-refractivity contribution is -0.746. The molecule has 140 valence electrons. The van der Waals surface area contributed by atoms with Crippen LogP contribution < -0.4 is 9.75 Å². The average Bonchev–Trinajstić information content (AvgIpc) is 3.10. The molecule has 1 aliphatic carbocycles. The topological polar surface area (TPSA) is 37.2 Å². The molecule has 1 atom stereocenters. The first-order valence-electron chi connectivity index (χ1n) is 9.42. The van der Waals surface area contributed by atoms with E-state index in [9.17, 15) is 4.39 Å². The fourth-order valence-electron chi connectivity index (χ4n) is 3.77. The van der Waals surface area contributed by atoms with Gasteiger partial charge in [0.25, 0.3) is 0 Å². The van der Waals surface area contributed by atoms with Gasteiger partial charge >= 0.3 is 0 Å². The molecule has 2 aromatic carbocycles. The van der Waals surface area contributed by atoms with Gasteiger partial charge in [0.1, 0.15) is 17.3 Å². The van der Waals surface area contributed by atoms with Gasteiger partial charge in [0.2, 0.25) is 12.0 Å². The Hall–Kier alpha value is -3.25. The van der Waals surface area contributed by atoms with Gasteiger partial charge in [-0.2, -0.15) is 0 Å². The number of allylic oxidation sites excluding steroid dienone is 1. The van der Waals surface area contributed by atoms with Crippen molar-refractivity contribution in [2.45, 2.75) is 25.3 Å². The van der Waals surface area contributed by atoms with Crippen LogP contribution in [0.2, 0.25) is 0 Å². The first-order valence-corrected chi connectivity index (χ1v) is 9.42. The van der Waals surface area contributed by atoms with Crippen molar-refractivity contribution in [2.24, 2.45) is 9.98 Å². The van der Waals surface area contributed by atoms with Gasteiger partial charge in [-0.1, -0.05) is 6.07 Å². The summed E-state index contributed by atoms with van der Waals surface area (Å²) in [5.41, 5.74) is 2.10. The van der Waals surface area contributed by atoms with E-state index in [1.807, 2.05) is 49.2 Å². The molecule has 0 N–H and O–H groups in total. The number of benzene rings is 2. The summed E-state index contributed by atoms with van der Waals surface area (Å²) in [6.45, 7) is 0. The molecule has 0 saturated heterocycles. The van der Waals surface area contributed by atoms with Gasteiger partial charge in [-0.15, -0.1) is 4.59 Å². The van der Waals surface area contributed by atoms with Crippen molar-refractivity contribution in [3.8, 4) is 11.5 Å². The van der Waals surface area contributed by atoms with Crippen molar-refractivity contribution < 1.29 is 13.7 Å². The highest BCUT2D eigenvalue weighted by Gasteiger charge is 2.46. The summed E-state index contributed by atoms with van der Waals surface area (Å²) in [4.78, 5) is 8.68. The molecule has 2 aromatic rings. The Kier molecular flexibility index (Phi) is 4.06. The smallest absolute Gasteiger partial charge is 0.225 e. The molecule has 1 saturated carbocycles. The second-order valence-corrected chi connectivity index (χ2v) is 7.12. The fraction of sp³-hybridized carbons (Fsp3) is 0.182. The second-order valence-electron chi connectivity index (χ2n) is 7.12. The van der Waals surface area contributed by atoms with Crippen LogP contribution in [0.15, 0.2) is 82.8 Å². The fourth-order valence-corrected chi connectivity index (χ4v) is 3.77. The predicted molar refractivity (Wildman–Crippen MR) is 108 cm³/mol. The number of ether oxygens (including phenoxy) is 1. The van der Waals surface area contributed by atoms with Crippen molar-refractivity contribution in [1.82, 2.24) is 0 Å². The van der Waals surface area contributed by atoms with E-state index in [1.54, 1.807) is 12.1 Å². The molecular weight excluding hydrogens is 355 g/mol. The molecule has 28 heavy (non-hydrogen) atoms. The number of quaternary nitrogens is 1. The number of halogens is 1. The monoisotopic (exact) mass is 375 g/mol. The Labute approximate surface area is 163 Å². The first-order chi connectivity index (χ1) is 13.7. The molecule has 6 heteroatoms. The van der Waals surface area contributed by atoms with Crippen LogP contribution in [0, 0.1) is 5.82 Å². The molecular formula is C22H20FN4O+. The zero-order valence-electron chi connectivity index (χ0n) is 15.3. The van der Waals surface area contributed by atoms with E-state index in [4.69, 9.17) is 4.74 Å². The van der Waals surface area contributed by atoms with E-state index in [-0.39, 0.29) is 5.82 Å². The van der Waals surface area contributed by atoms with Crippen LogP contribution in [0.4, 0.5) is 10.1 Å². The lowest BCUT2D eigenvalue weighted by Gasteiger charge is -2.46. The van der Waals surface area contributed by atoms with E-state index >= 15 is 0 Å². The summed E-state index contributed by atoms with van der Waals surface area (Å²) >= 11 is 0. The third-order valence-corrected chi connectivity index (χ3v) is 5.36. The maximum Gasteiger partial charge on any atom is 0.225 e. The van der Waals surface area contributed by atoms with E-state index in [0.29, 0.717) is 22.1 Å². The standard InChI is InChI=1S/C22H20FN4O/c23-17-3-1-6-22(13-17)28-21-9-7-19(8-10-21)26(18-4-2-5-18)27-12-11-24-14-20(27)15-25-16-27/h1,3,6-16,18H,2,4-5H2/q+1. The Bertz CT molecular complexity index is 1010. The van der Waals surface area contributed by atoms with Gasteiger partial charge in [0.05, 0.1) is 30.3 Å². The molecule has 5 rings (SSSR count). The zero-order valence-corrected chi connectivity index (χ0v) is 15.3. The molecule has 0 amide bonds. The molecule has 2 heterocycles. The number of rotatable bonds is 5. The van der Waals surface area contributed by atoms with E-state index in [0.717, 1.165) is 24.2 Å². The van der Waals surface area contributed by atoms with Gasteiger partial charge in [-0.3, -0.25) is 4.99 Å². The van der Waals surface area contributed by atoms with Gasteiger partial charge in [-0.25, -0.2) is 14.4 Å². The van der Waals surface area contributed by atoms with Crippen LogP contribution in [0.25, 0.3) is 0 Å². The first kappa shape index (κ1) is 16.9. The van der Waals surface area contributed by atoms with Gasteiger partial charge < -0.3 is 4.74 Å². The minimum Gasteiger partial charge on any atom is -0.457 e. The average molecular weight is 375 g/mol. The Morgan fingerprint density at radius 1 is 1.04 bits per heavy atom. The maximum absolute atomic E-state index is 13.4.